The van der Waals surface area contributed by atoms with E-state index in [1.54, 1.807) is 24.3 Å². The number of benzene rings is 2. The van der Waals surface area contributed by atoms with Crippen molar-refractivity contribution in [2.75, 3.05) is 4.72 Å². The molecule has 0 aliphatic heterocycles. The summed E-state index contributed by atoms with van der Waals surface area (Å²) in [6.07, 6.45) is -2.35. The Morgan fingerprint density at radius 3 is 2.37 bits per heavy atom. The summed E-state index contributed by atoms with van der Waals surface area (Å²) in [5.74, 6) is -0.891. The maximum absolute atomic E-state index is 12.8. The van der Waals surface area contributed by atoms with E-state index in [1.807, 2.05) is 0 Å². The number of pyridine rings is 1. The highest BCUT2D eigenvalue weighted by Gasteiger charge is 2.31. The second-order valence-corrected chi connectivity index (χ2v) is 8.93. The zero-order valence-electron chi connectivity index (χ0n) is 17.7. The molecule has 2 N–H and O–H groups in total. The third-order valence-corrected chi connectivity index (χ3v) is 6.11. The molecule has 0 spiro atoms. The number of ether oxygens (including phenoxy) is 1. The average Bonchev–Trinajstić information content (AvgIpc) is 3.06. The van der Waals surface area contributed by atoms with Gasteiger partial charge in [0, 0.05) is 6.20 Å². The number of hydrogen-bond donors (Lipinski definition) is 2. The molecular formula is C22H17F3N4O5S. The van der Waals surface area contributed by atoms with Gasteiger partial charge in [-0.3, -0.25) is 9.29 Å². The molecule has 13 heteroatoms. The number of nitrogens with one attached hydrogen (secondary N) is 1. The van der Waals surface area contributed by atoms with Crippen LogP contribution < -0.4 is 15.1 Å². The molecule has 4 aromatic rings. The molecule has 9 nitrogen and oxygen atoms in total. The molecule has 0 fully saturated rings. The Balaban J connectivity index is 1.55. The van der Waals surface area contributed by atoms with Crippen LogP contribution >= 0.6 is 0 Å². The van der Waals surface area contributed by atoms with E-state index in [2.05, 4.69) is 14.4 Å². The number of halogens is 3. The monoisotopic (exact) mass is 506 g/mol. The molecule has 2 aromatic carbocycles. The smallest absolute Gasteiger partial charge is 0.493 e. The van der Waals surface area contributed by atoms with Crippen molar-refractivity contribution >= 4 is 15.8 Å². The highest BCUT2D eigenvalue weighted by Crippen LogP contribution is 2.25. The Morgan fingerprint density at radius 1 is 1.03 bits per heavy atom. The molecule has 2 aromatic heterocycles. The van der Waals surface area contributed by atoms with Crippen molar-refractivity contribution in [3.8, 4) is 17.3 Å². The number of aromatic nitrogens is 3. The summed E-state index contributed by atoms with van der Waals surface area (Å²) in [6, 6.07) is 15.1. The Kier molecular flexibility index (Phi) is 6.26. The first-order chi connectivity index (χ1) is 16.5. The lowest BCUT2D eigenvalue weighted by Gasteiger charge is -2.10. The lowest BCUT2D eigenvalue weighted by molar-refractivity contribution is -0.274. The summed E-state index contributed by atoms with van der Waals surface area (Å²) in [7, 11) is -3.87. The van der Waals surface area contributed by atoms with Crippen LogP contribution in [0.15, 0.2) is 88.8 Å². The molecule has 0 aliphatic carbocycles. The molecule has 0 unspecified atom stereocenters. The van der Waals surface area contributed by atoms with E-state index in [4.69, 9.17) is 0 Å². The normalized spacial score (nSPS) is 11.9. The van der Waals surface area contributed by atoms with Gasteiger partial charge >= 0.3 is 12.1 Å². The predicted molar refractivity (Wildman–Crippen MR) is 119 cm³/mol. The van der Waals surface area contributed by atoms with Crippen LogP contribution in [-0.2, 0) is 16.6 Å². The molecule has 0 bridgehead atoms. The fraction of sp³-hybridized carbons (Fsp3) is 0.0909. The van der Waals surface area contributed by atoms with Gasteiger partial charge in [-0.15, -0.1) is 13.2 Å². The quantitative estimate of drug-likeness (QED) is 0.397. The summed E-state index contributed by atoms with van der Waals surface area (Å²) >= 11 is 0. The van der Waals surface area contributed by atoms with Gasteiger partial charge in [-0.1, -0.05) is 18.2 Å². The number of alkyl halides is 3. The van der Waals surface area contributed by atoms with Gasteiger partial charge < -0.3 is 9.84 Å². The van der Waals surface area contributed by atoms with Gasteiger partial charge in [0.2, 0.25) is 5.88 Å². The van der Waals surface area contributed by atoms with E-state index in [1.165, 1.54) is 36.5 Å². The van der Waals surface area contributed by atoms with Crippen LogP contribution in [0.1, 0.15) is 5.56 Å². The average molecular weight is 506 g/mol. The van der Waals surface area contributed by atoms with Crippen molar-refractivity contribution < 1.29 is 31.4 Å². The van der Waals surface area contributed by atoms with Crippen LogP contribution in [0.5, 0.6) is 11.6 Å². The summed E-state index contributed by atoms with van der Waals surface area (Å²) in [4.78, 5) is 16.9. The first kappa shape index (κ1) is 23.9. The molecule has 0 saturated heterocycles. The van der Waals surface area contributed by atoms with Crippen molar-refractivity contribution in [3.63, 3.8) is 0 Å². The van der Waals surface area contributed by atoms with Gasteiger partial charge in [0.05, 0.1) is 23.3 Å². The number of sulfonamides is 1. The molecule has 35 heavy (non-hydrogen) atoms. The van der Waals surface area contributed by atoms with Crippen LogP contribution in [0.4, 0.5) is 19.0 Å². The summed E-state index contributed by atoms with van der Waals surface area (Å²) in [5, 5.41) is 10.3. The van der Waals surface area contributed by atoms with Crippen LogP contribution in [0, 0.1) is 0 Å². The summed E-state index contributed by atoms with van der Waals surface area (Å²) in [5.41, 5.74) is -0.0547. The lowest BCUT2D eigenvalue weighted by Crippen LogP contribution is -2.23. The minimum Gasteiger partial charge on any atom is -0.493 e. The Labute approximate surface area is 196 Å². The van der Waals surface area contributed by atoms with Crippen molar-refractivity contribution in [2.45, 2.75) is 17.8 Å². The van der Waals surface area contributed by atoms with Crippen LogP contribution in [0.3, 0.4) is 0 Å². The Bertz CT molecular complexity index is 1500. The zero-order valence-corrected chi connectivity index (χ0v) is 18.5. The van der Waals surface area contributed by atoms with Crippen molar-refractivity contribution in [1.82, 2.24) is 14.1 Å². The molecular weight excluding hydrogens is 489 g/mol. The van der Waals surface area contributed by atoms with Gasteiger partial charge in [-0.25, -0.2) is 22.8 Å². The standard InChI is InChI=1S/C22H17F3N4O5S/c23-22(24,25)34-17-8-6-16(7-9-17)29-20(30)14-28(21(29)31)13-15-10-11-26-19(12-15)27-35(32,33)18-4-2-1-3-5-18/h1-12,14,30H,13H2,(H,26,27). The number of hydrogen-bond acceptors (Lipinski definition) is 6. The number of aromatic hydroxyl groups is 1. The number of rotatable bonds is 7. The van der Waals surface area contributed by atoms with Crippen molar-refractivity contribution in [2.24, 2.45) is 0 Å². The summed E-state index contributed by atoms with van der Waals surface area (Å²) < 4.78 is 70.3. The van der Waals surface area contributed by atoms with Crippen LogP contribution in [0.2, 0.25) is 0 Å². The second-order valence-electron chi connectivity index (χ2n) is 7.24. The van der Waals surface area contributed by atoms with E-state index < -0.39 is 33.7 Å². The maximum atomic E-state index is 12.8. The van der Waals surface area contributed by atoms with Gasteiger partial charge in [0.25, 0.3) is 10.0 Å². The largest absolute Gasteiger partial charge is 0.573 e. The fourth-order valence-electron chi connectivity index (χ4n) is 3.25. The Morgan fingerprint density at radius 2 is 1.71 bits per heavy atom. The van der Waals surface area contributed by atoms with Crippen LogP contribution in [0.25, 0.3) is 5.69 Å². The molecule has 0 amide bonds. The lowest BCUT2D eigenvalue weighted by atomic mass is 10.2. The second kappa shape index (κ2) is 9.18. The fourth-order valence-corrected chi connectivity index (χ4v) is 4.27. The van der Waals surface area contributed by atoms with E-state index in [9.17, 15) is 31.5 Å². The topological polar surface area (TPSA) is 115 Å². The van der Waals surface area contributed by atoms with Gasteiger partial charge in [0.1, 0.15) is 11.6 Å². The van der Waals surface area contributed by atoms with E-state index >= 15 is 0 Å². The number of nitrogens with zero attached hydrogens (tertiary/aromatic N) is 3. The van der Waals surface area contributed by atoms with E-state index in [-0.39, 0.29) is 22.9 Å². The first-order valence-electron chi connectivity index (χ1n) is 9.92. The first-order valence-corrected chi connectivity index (χ1v) is 11.4. The SMILES string of the molecule is O=c1n(Cc2ccnc(NS(=O)(=O)c3ccccc3)c2)cc(O)n1-c1ccc(OC(F)(F)F)cc1. The maximum Gasteiger partial charge on any atom is 0.573 e. The molecule has 2 heterocycles. The highest BCUT2D eigenvalue weighted by molar-refractivity contribution is 7.92. The minimum absolute atomic E-state index is 0.0308. The molecule has 182 valence electrons. The van der Waals surface area contributed by atoms with E-state index in [0.29, 0.717) is 5.56 Å². The third kappa shape index (κ3) is 5.63. The minimum atomic E-state index is -4.86. The van der Waals surface area contributed by atoms with Gasteiger partial charge in [-0.2, -0.15) is 0 Å². The molecule has 0 radical (unpaired) electrons. The summed E-state index contributed by atoms with van der Waals surface area (Å²) in [6.45, 7) is -0.0444. The Hall–Kier alpha value is -4.26. The van der Waals surface area contributed by atoms with Crippen molar-refractivity contribution in [1.29, 1.82) is 0 Å². The van der Waals surface area contributed by atoms with Gasteiger partial charge in [0.15, 0.2) is 0 Å². The van der Waals surface area contributed by atoms with E-state index in [0.717, 1.165) is 27.5 Å². The highest BCUT2D eigenvalue weighted by atomic mass is 32.2. The molecule has 4 rings (SSSR count). The predicted octanol–water partition coefficient (Wildman–Crippen LogP) is 3.49. The van der Waals surface area contributed by atoms with Crippen molar-refractivity contribution in [3.05, 3.63) is 95.2 Å². The third-order valence-electron chi connectivity index (χ3n) is 4.74. The molecule has 0 atom stereocenters. The number of imidazole rings is 1. The molecule has 0 saturated carbocycles. The molecule has 0 aliphatic rings. The van der Waals surface area contributed by atoms with Crippen LogP contribution in [-0.4, -0.2) is 34.0 Å². The zero-order chi connectivity index (χ0) is 25.2. The number of anilines is 1. The van der Waals surface area contributed by atoms with Gasteiger partial charge in [-0.05, 0) is 54.1 Å².